The van der Waals surface area contributed by atoms with Crippen LogP contribution in [0, 0.1) is 5.92 Å². The normalized spacial score (nSPS) is 16.3. The van der Waals surface area contributed by atoms with Crippen LogP contribution in [0.25, 0.3) is 0 Å². The fraction of sp³-hybridized carbons (Fsp3) is 0.312. The smallest absolute Gasteiger partial charge is 0.133 e. The Morgan fingerprint density at radius 2 is 2.11 bits per heavy atom. The van der Waals surface area contributed by atoms with Crippen molar-refractivity contribution in [2.75, 3.05) is 0 Å². The zero-order valence-corrected chi connectivity index (χ0v) is 11.3. The van der Waals surface area contributed by atoms with E-state index in [1.54, 1.807) is 6.07 Å². The molecule has 3 rings (SSSR count). The highest BCUT2D eigenvalue weighted by atomic mass is 35.5. The van der Waals surface area contributed by atoms with E-state index in [1.807, 2.05) is 24.3 Å². The van der Waals surface area contributed by atoms with Crippen LogP contribution in [-0.4, -0.2) is 10.1 Å². The molecule has 1 heterocycles. The van der Waals surface area contributed by atoms with Crippen molar-refractivity contribution < 1.29 is 5.11 Å². The van der Waals surface area contributed by atoms with Crippen molar-refractivity contribution in [3.63, 3.8) is 0 Å². The summed E-state index contributed by atoms with van der Waals surface area (Å²) < 4.78 is 0. The Hall–Kier alpha value is -1.54. The molecule has 0 radical (unpaired) electrons. The highest BCUT2D eigenvalue weighted by Gasteiger charge is 2.28. The number of aromatic nitrogens is 1. The van der Waals surface area contributed by atoms with Crippen molar-refractivity contribution in [1.82, 2.24) is 4.98 Å². The van der Waals surface area contributed by atoms with Crippen molar-refractivity contribution in [2.24, 2.45) is 5.92 Å². The number of hydrogen-bond acceptors (Lipinski definition) is 2. The first kappa shape index (κ1) is 12.5. The van der Waals surface area contributed by atoms with Crippen molar-refractivity contribution >= 4 is 11.6 Å². The Morgan fingerprint density at radius 3 is 2.74 bits per heavy atom. The molecule has 0 aliphatic heterocycles. The van der Waals surface area contributed by atoms with Gasteiger partial charge in [0.15, 0.2) is 0 Å². The summed E-state index contributed by atoms with van der Waals surface area (Å²) in [4.78, 5) is 4.37. The summed E-state index contributed by atoms with van der Waals surface area (Å²) in [5.74, 6) is 1.28. The lowest BCUT2D eigenvalue weighted by Crippen LogP contribution is -2.04. The lowest BCUT2D eigenvalue weighted by atomic mass is 9.90. The number of halogens is 1. The molecule has 1 atom stereocenters. The third-order valence-electron chi connectivity index (χ3n) is 3.64. The number of aromatic hydroxyl groups is 1. The number of pyridine rings is 1. The Labute approximate surface area is 118 Å². The van der Waals surface area contributed by atoms with Gasteiger partial charge >= 0.3 is 0 Å². The average Bonchev–Trinajstić information content (AvgIpc) is 3.21. The van der Waals surface area contributed by atoms with Crippen LogP contribution in [0.2, 0.25) is 5.02 Å². The highest BCUT2D eigenvalue weighted by Crippen LogP contribution is 2.41. The van der Waals surface area contributed by atoms with E-state index in [9.17, 15) is 5.11 Å². The molecule has 1 fully saturated rings. The largest absolute Gasteiger partial charge is 0.506 e. The minimum atomic E-state index is 0.208. The Balaban J connectivity index is 1.94. The molecule has 0 bridgehead atoms. The van der Waals surface area contributed by atoms with Crippen LogP contribution in [0.5, 0.6) is 5.75 Å². The summed E-state index contributed by atoms with van der Waals surface area (Å²) in [7, 11) is 0. The maximum absolute atomic E-state index is 9.36. The second kappa shape index (κ2) is 5.22. The van der Waals surface area contributed by atoms with Gasteiger partial charge in [-0.1, -0.05) is 36.6 Å². The van der Waals surface area contributed by atoms with Gasteiger partial charge in [-0.05, 0) is 42.2 Å². The molecular weight excluding hydrogens is 258 g/mol. The van der Waals surface area contributed by atoms with Crippen LogP contribution in [0.3, 0.4) is 0 Å². The lowest BCUT2D eigenvalue weighted by Gasteiger charge is -2.17. The van der Waals surface area contributed by atoms with Gasteiger partial charge in [-0.15, -0.1) is 0 Å². The van der Waals surface area contributed by atoms with Gasteiger partial charge < -0.3 is 5.11 Å². The van der Waals surface area contributed by atoms with Gasteiger partial charge in [0.05, 0.1) is 6.20 Å². The molecule has 1 aliphatic carbocycles. The molecule has 2 nitrogen and oxygen atoms in total. The first-order valence-corrected chi connectivity index (χ1v) is 7.00. The maximum Gasteiger partial charge on any atom is 0.133 e. The van der Waals surface area contributed by atoms with Gasteiger partial charge in [0.2, 0.25) is 0 Å². The molecule has 0 saturated heterocycles. The fourth-order valence-corrected chi connectivity index (χ4v) is 2.64. The summed E-state index contributed by atoms with van der Waals surface area (Å²) in [5.41, 5.74) is 2.21. The molecule has 2 aromatic rings. The molecule has 3 heteroatoms. The van der Waals surface area contributed by atoms with Crippen LogP contribution in [0.15, 0.2) is 42.6 Å². The van der Waals surface area contributed by atoms with Gasteiger partial charge in [-0.3, -0.25) is 4.98 Å². The first-order chi connectivity index (χ1) is 9.22. The zero-order chi connectivity index (χ0) is 13.2. The van der Waals surface area contributed by atoms with E-state index >= 15 is 0 Å². The molecular formula is C16H16ClNO. The Bertz CT molecular complexity index is 563. The van der Waals surface area contributed by atoms with Gasteiger partial charge in [-0.2, -0.15) is 0 Å². The van der Waals surface area contributed by atoms with Crippen LogP contribution < -0.4 is 0 Å². The zero-order valence-electron chi connectivity index (χ0n) is 10.6. The predicted octanol–water partition coefficient (Wildman–Crippen LogP) is 4.37. The molecule has 1 aromatic heterocycles. The van der Waals surface area contributed by atoms with Crippen LogP contribution in [0.4, 0.5) is 0 Å². The number of rotatable bonds is 4. The summed E-state index contributed by atoms with van der Waals surface area (Å²) in [6.45, 7) is 0. The number of nitrogens with zero attached hydrogens (tertiary/aromatic N) is 1. The first-order valence-electron chi connectivity index (χ1n) is 6.63. The number of benzene rings is 1. The summed E-state index contributed by atoms with van der Waals surface area (Å²) in [6.07, 6.45) is 5.25. The molecule has 1 saturated carbocycles. The van der Waals surface area contributed by atoms with Crippen LogP contribution in [0.1, 0.15) is 36.4 Å². The van der Waals surface area contributed by atoms with E-state index in [4.69, 9.17) is 11.6 Å². The van der Waals surface area contributed by atoms with Crippen molar-refractivity contribution in [3.8, 4) is 5.75 Å². The van der Waals surface area contributed by atoms with Gasteiger partial charge in [0.1, 0.15) is 5.75 Å². The second-order valence-corrected chi connectivity index (χ2v) is 5.66. The molecule has 19 heavy (non-hydrogen) atoms. The predicted molar refractivity (Wildman–Crippen MR) is 76.5 cm³/mol. The van der Waals surface area contributed by atoms with Gasteiger partial charge in [0.25, 0.3) is 0 Å². The van der Waals surface area contributed by atoms with Crippen molar-refractivity contribution in [1.29, 1.82) is 0 Å². The van der Waals surface area contributed by atoms with Crippen molar-refractivity contribution in [2.45, 2.75) is 25.2 Å². The SMILES string of the molecule is Oc1ccc(C(CC2CC2)c2cccc(Cl)c2)nc1. The van der Waals surface area contributed by atoms with Gasteiger partial charge in [0, 0.05) is 16.6 Å². The Morgan fingerprint density at radius 1 is 1.26 bits per heavy atom. The molecule has 1 unspecified atom stereocenters. The molecule has 0 amide bonds. The summed E-state index contributed by atoms with van der Waals surface area (Å²) in [6, 6.07) is 11.6. The van der Waals surface area contributed by atoms with Crippen molar-refractivity contribution in [3.05, 3.63) is 58.9 Å². The van der Waals surface area contributed by atoms with E-state index in [2.05, 4.69) is 11.1 Å². The molecule has 0 spiro atoms. The summed E-state index contributed by atoms with van der Waals surface area (Å²) in [5, 5.41) is 10.1. The monoisotopic (exact) mass is 273 g/mol. The average molecular weight is 274 g/mol. The molecule has 1 aliphatic rings. The molecule has 1 N–H and O–H groups in total. The summed E-state index contributed by atoms with van der Waals surface area (Å²) >= 11 is 6.09. The maximum atomic E-state index is 9.36. The fourth-order valence-electron chi connectivity index (χ4n) is 2.44. The van der Waals surface area contributed by atoms with E-state index in [0.717, 1.165) is 23.1 Å². The lowest BCUT2D eigenvalue weighted by molar-refractivity contribution is 0.471. The standard InChI is InChI=1S/C16H16ClNO/c17-13-3-1-2-12(9-13)15(8-11-4-5-11)16-7-6-14(19)10-18-16/h1-3,6-7,9-11,15,19H,4-5,8H2. The second-order valence-electron chi connectivity index (χ2n) is 5.23. The van der Waals surface area contributed by atoms with E-state index in [0.29, 0.717) is 0 Å². The van der Waals surface area contributed by atoms with E-state index in [1.165, 1.54) is 24.6 Å². The quantitative estimate of drug-likeness (QED) is 0.897. The van der Waals surface area contributed by atoms with Crippen LogP contribution in [-0.2, 0) is 0 Å². The topological polar surface area (TPSA) is 33.1 Å². The van der Waals surface area contributed by atoms with E-state index < -0.39 is 0 Å². The molecule has 98 valence electrons. The van der Waals surface area contributed by atoms with Crippen LogP contribution >= 0.6 is 11.6 Å². The third kappa shape index (κ3) is 3.07. The highest BCUT2D eigenvalue weighted by molar-refractivity contribution is 6.30. The minimum Gasteiger partial charge on any atom is -0.506 e. The molecule has 1 aromatic carbocycles. The minimum absolute atomic E-state index is 0.208. The third-order valence-corrected chi connectivity index (χ3v) is 3.88. The van der Waals surface area contributed by atoms with E-state index in [-0.39, 0.29) is 11.7 Å². The Kier molecular flexibility index (Phi) is 3.43. The van der Waals surface area contributed by atoms with Gasteiger partial charge in [-0.25, -0.2) is 0 Å². The number of hydrogen-bond donors (Lipinski definition) is 1.